The number of anilines is 2. The number of carbonyl (C=O) groups is 1. The average molecular weight is 369 g/mol. The summed E-state index contributed by atoms with van der Waals surface area (Å²) in [6, 6.07) is 15.1. The molecular weight excluding hydrogens is 350 g/mol. The minimum atomic E-state index is -0.545. The molecule has 0 aliphatic rings. The highest BCUT2D eigenvalue weighted by Gasteiger charge is 2.25. The number of carbonyl (C=O) groups excluding carboxylic acids is 1. The fourth-order valence-electron chi connectivity index (χ4n) is 2.43. The summed E-state index contributed by atoms with van der Waals surface area (Å²) in [6.45, 7) is 1.95. The molecule has 0 spiro atoms. The van der Waals surface area contributed by atoms with E-state index in [0.717, 1.165) is 11.1 Å². The molecule has 26 heavy (non-hydrogen) atoms. The van der Waals surface area contributed by atoms with Crippen LogP contribution in [0.5, 0.6) is 5.75 Å². The number of rotatable bonds is 6. The normalized spacial score (nSPS) is 11.8. The summed E-state index contributed by atoms with van der Waals surface area (Å²) in [4.78, 5) is 17.1. The van der Waals surface area contributed by atoms with Crippen LogP contribution in [0.2, 0.25) is 0 Å². The summed E-state index contributed by atoms with van der Waals surface area (Å²) in [5.41, 5.74) is 8.06. The standard InChI is InChI=1S/C18H19N5O2S/c1-11-8-9-14(25-2)13(10-11)20-16(24)15(12-6-4-3-5-7-12)26-18-21-17(19)22-23-18/h3-10,15H,1-2H3,(H,20,24)(H3,19,21,22,23)/t15-/m1/s1. The van der Waals surface area contributed by atoms with Crippen LogP contribution in [0.4, 0.5) is 11.6 Å². The van der Waals surface area contributed by atoms with E-state index < -0.39 is 5.25 Å². The molecule has 1 aromatic heterocycles. The molecule has 3 aromatic rings. The molecule has 0 saturated carbocycles. The van der Waals surface area contributed by atoms with Crippen molar-refractivity contribution in [3.05, 3.63) is 59.7 Å². The van der Waals surface area contributed by atoms with Gasteiger partial charge in [0.15, 0.2) is 0 Å². The van der Waals surface area contributed by atoms with Crippen LogP contribution in [-0.2, 0) is 4.79 Å². The first kappa shape index (κ1) is 17.8. The number of H-pyrrole nitrogens is 1. The molecule has 7 nitrogen and oxygen atoms in total. The van der Waals surface area contributed by atoms with Gasteiger partial charge in [0.1, 0.15) is 11.0 Å². The van der Waals surface area contributed by atoms with Crippen LogP contribution in [0.3, 0.4) is 0 Å². The summed E-state index contributed by atoms with van der Waals surface area (Å²) in [5, 5.41) is 9.41. The van der Waals surface area contributed by atoms with Crippen molar-refractivity contribution in [2.45, 2.75) is 17.3 Å². The minimum absolute atomic E-state index is 0.200. The molecule has 0 fully saturated rings. The first-order chi connectivity index (χ1) is 12.6. The Morgan fingerprint density at radius 1 is 1.27 bits per heavy atom. The Bertz CT molecular complexity index is 898. The molecule has 8 heteroatoms. The van der Waals surface area contributed by atoms with Crippen molar-refractivity contribution in [3.63, 3.8) is 0 Å². The molecule has 4 N–H and O–H groups in total. The topological polar surface area (TPSA) is 106 Å². The highest BCUT2D eigenvalue weighted by atomic mass is 32.2. The molecule has 0 unspecified atom stereocenters. The van der Waals surface area contributed by atoms with Gasteiger partial charge in [-0.15, -0.1) is 5.10 Å². The second-order valence-corrected chi connectivity index (χ2v) is 6.68. The van der Waals surface area contributed by atoms with E-state index in [1.54, 1.807) is 7.11 Å². The lowest BCUT2D eigenvalue weighted by atomic mass is 10.1. The van der Waals surface area contributed by atoms with Gasteiger partial charge in [-0.25, -0.2) is 5.10 Å². The Hall–Kier alpha value is -3.00. The smallest absolute Gasteiger partial charge is 0.242 e. The van der Waals surface area contributed by atoms with E-state index in [4.69, 9.17) is 10.5 Å². The maximum absolute atomic E-state index is 13.0. The number of nitrogens with two attached hydrogens (primary N) is 1. The van der Waals surface area contributed by atoms with Gasteiger partial charge in [-0.1, -0.05) is 48.2 Å². The van der Waals surface area contributed by atoms with E-state index in [9.17, 15) is 4.79 Å². The van der Waals surface area contributed by atoms with Gasteiger partial charge >= 0.3 is 0 Å². The third-order valence-electron chi connectivity index (χ3n) is 3.66. The Kier molecular flexibility index (Phi) is 5.43. The summed E-state index contributed by atoms with van der Waals surface area (Å²) < 4.78 is 5.34. The zero-order valence-corrected chi connectivity index (χ0v) is 15.2. The van der Waals surface area contributed by atoms with Crippen LogP contribution in [0.25, 0.3) is 0 Å². The number of aromatic amines is 1. The quantitative estimate of drug-likeness (QED) is 0.576. The lowest BCUT2D eigenvalue weighted by Crippen LogP contribution is -2.19. The van der Waals surface area contributed by atoms with Crippen LogP contribution >= 0.6 is 11.8 Å². The number of thioether (sulfide) groups is 1. The average Bonchev–Trinajstić information content (AvgIpc) is 3.05. The molecule has 0 bridgehead atoms. The van der Waals surface area contributed by atoms with Crippen LogP contribution in [0, 0.1) is 6.92 Å². The molecule has 134 valence electrons. The number of nitrogen functional groups attached to an aromatic ring is 1. The number of hydrogen-bond donors (Lipinski definition) is 3. The van der Waals surface area contributed by atoms with Crippen molar-refractivity contribution in [1.29, 1.82) is 0 Å². The van der Waals surface area contributed by atoms with Gasteiger partial charge in [0.25, 0.3) is 0 Å². The van der Waals surface area contributed by atoms with Crippen LogP contribution in [0.15, 0.2) is 53.7 Å². The largest absolute Gasteiger partial charge is 0.495 e. The van der Waals surface area contributed by atoms with Crippen LogP contribution in [0.1, 0.15) is 16.4 Å². The second kappa shape index (κ2) is 7.92. The molecule has 1 heterocycles. The molecule has 1 amide bonds. The molecule has 0 aliphatic heterocycles. The van der Waals surface area contributed by atoms with Crippen LogP contribution in [-0.4, -0.2) is 28.2 Å². The summed E-state index contributed by atoms with van der Waals surface area (Å²) in [5.74, 6) is 0.608. The van der Waals surface area contributed by atoms with Crippen molar-refractivity contribution in [2.24, 2.45) is 0 Å². The Morgan fingerprint density at radius 2 is 2.04 bits per heavy atom. The highest BCUT2D eigenvalue weighted by molar-refractivity contribution is 8.00. The Morgan fingerprint density at radius 3 is 2.69 bits per heavy atom. The number of nitrogens with one attached hydrogen (secondary N) is 2. The molecule has 0 radical (unpaired) electrons. The van der Waals surface area contributed by atoms with Gasteiger partial charge in [-0.05, 0) is 30.2 Å². The predicted octanol–water partition coefficient (Wildman–Crippen LogP) is 3.18. The van der Waals surface area contributed by atoms with Gasteiger partial charge in [0.05, 0.1) is 12.8 Å². The molecule has 2 aromatic carbocycles. The molecule has 0 saturated heterocycles. The SMILES string of the molecule is COc1ccc(C)cc1NC(=O)[C@H](Sc1n[nH]c(N)n1)c1ccccc1. The van der Waals surface area contributed by atoms with Crippen molar-refractivity contribution < 1.29 is 9.53 Å². The van der Waals surface area contributed by atoms with Crippen LogP contribution < -0.4 is 15.8 Å². The first-order valence-electron chi connectivity index (χ1n) is 7.92. The van der Waals surface area contributed by atoms with Gasteiger partial charge in [-0.3, -0.25) is 4.79 Å². The van der Waals surface area contributed by atoms with Gasteiger partial charge in [-0.2, -0.15) is 4.98 Å². The number of methoxy groups -OCH3 is 1. The predicted molar refractivity (Wildman–Crippen MR) is 102 cm³/mol. The minimum Gasteiger partial charge on any atom is -0.495 e. The van der Waals surface area contributed by atoms with E-state index in [1.807, 2.05) is 55.5 Å². The van der Waals surface area contributed by atoms with E-state index in [0.29, 0.717) is 16.6 Å². The van der Waals surface area contributed by atoms with Gasteiger partial charge in [0, 0.05) is 0 Å². The number of nitrogens with zero attached hydrogens (tertiary/aromatic N) is 2. The van der Waals surface area contributed by atoms with Crippen molar-refractivity contribution >= 4 is 29.3 Å². The van der Waals surface area contributed by atoms with Crippen molar-refractivity contribution in [1.82, 2.24) is 15.2 Å². The Balaban J connectivity index is 1.89. The lowest BCUT2D eigenvalue weighted by Gasteiger charge is -2.17. The molecular formula is C18H19N5O2S. The summed E-state index contributed by atoms with van der Waals surface area (Å²) in [7, 11) is 1.57. The first-order valence-corrected chi connectivity index (χ1v) is 8.80. The third-order valence-corrected chi connectivity index (χ3v) is 4.77. The van der Waals surface area contributed by atoms with E-state index in [2.05, 4.69) is 20.5 Å². The van der Waals surface area contributed by atoms with E-state index >= 15 is 0 Å². The fraction of sp³-hybridized carbons (Fsp3) is 0.167. The van der Waals surface area contributed by atoms with Gasteiger partial charge in [0.2, 0.25) is 17.0 Å². The molecule has 3 rings (SSSR count). The lowest BCUT2D eigenvalue weighted by molar-refractivity contribution is -0.115. The monoisotopic (exact) mass is 369 g/mol. The number of benzene rings is 2. The molecule has 0 aliphatic carbocycles. The van der Waals surface area contributed by atoms with Gasteiger partial charge < -0.3 is 15.8 Å². The number of amides is 1. The summed E-state index contributed by atoms with van der Waals surface area (Å²) in [6.07, 6.45) is 0. The second-order valence-electron chi connectivity index (χ2n) is 5.60. The van der Waals surface area contributed by atoms with E-state index in [1.165, 1.54) is 11.8 Å². The van der Waals surface area contributed by atoms with Crippen molar-refractivity contribution in [3.8, 4) is 5.75 Å². The number of ether oxygens (including phenoxy) is 1. The maximum Gasteiger partial charge on any atom is 0.242 e. The van der Waals surface area contributed by atoms with E-state index in [-0.39, 0.29) is 11.9 Å². The summed E-state index contributed by atoms with van der Waals surface area (Å²) >= 11 is 1.22. The third kappa shape index (κ3) is 4.15. The number of aryl methyl sites for hydroxylation is 1. The highest BCUT2D eigenvalue weighted by Crippen LogP contribution is 2.35. The zero-order chi connectivity index (χ0) is 18.5. The zero-order valence-electron chi connectivity index (χ0n) is 14.4. The number of aromatic nitrogens is 3. The maximum atomic E-state index is 13.0. The Labute approximate surface area is 155 Å². The van der Waals surface area contributed by atoms with Crippen molar-refractivity contribution in [2.75, 3.05) is 18.2 Å². The fourth-order valence-corrected chi connectivity index (χ4v) is 3.35. The molecule has 1 atom stereocenters. The number of hydrogen-bond acceptors (Lipinski definition) is 6.